The Morgan fingerprint density at radius 3 is 2.48 bits per heavy atom. The van der Waals surface area contributed by atoms with Crippen molar-refractivity contribution in [1.29, 1.82) is 0 Å². The predicted octanol–water partition coefficient (Wildman–Crippen LogP) is 3.85. The minimum atomic E-state index is -0.593. The normalized spacial score (nSPS) is 12.0. The summed E-state index contributed by atoms with van der Waals surface area (Å²) in [6, 6.07) is 8.42. The molecule has 2 aromatic rings. The maximum Gasteiger partial charge on any atom is 0.314 e. The van der Waals surface area contributed by atoms with Gasteiger partial charge in [0, 0.05) is 17.2 Å². The van der Waals surface area contributed by atoms with Gasteiger partial charge in [-0.2, -0.15) is 0 Å². The van der Waals surface area contributed by atoms with Crippen LogP contribution >= 0.6 is 0 Å². The lowest BCUT2D eigenvalue weighted by Crippen LogP contribution is -2.09. The van der Waals surface area contributed by atoms with Crippen LogP contribution in [0.4, 0.5) is 10.1 Å². The maximum atomic E-state index is 13.8. The Hall–Kier alpha value is -2.47. The molecule has 2 aromatic carbocycles. The monoisotopic (exact) mass is 290 g/mol. The van der Waals surface area contributed by atoms with E-state index < -0.39 is 16.8 Å². The molecule has 1 atom stereocenters. The Morgan fingerprint density at radius 2 is 1.86 bits per heavy atom. The highest BCUT2D eigenvalue weighted by Gasteiger charge is 2.21. The molecule has 5 nitrogen and oxygen atoms in total. The molecule has 0 fully saturated rings. The number of nitro benzene ring substituents is 1. The zero-order valence-corrected chi connectivity index (χ0v) is 11.7. The van der Waals surface area contributed by atoms with E-state index in [1.165, 1.54) is 24.3 Å². The second-order valence-corrected chi connectivity index (χ2v) is 4.72. The number of hydrogen-bond donors (Lipinski definition) is 1. The summed E-state index contributed by atoms with van der Waals surface area (Å²) in [5, 5.41) is 11.1. The molecular formula is C15H15FN2O3. The Bertz CT molecular complexity index is 687. The number of aryl methyl sites for hydroxylation is 1. The molecule has 0 aliphatic carbocycles. The van der Waals surface area contributed by atoms with Gasteiger partial charge in [0.25, 0.3) is 0 Å². The Morgan fingerprint density at radius 1 is 1.24 bits per heavy atom. The van der Waals surface area contributed by atoms with E-state index in [9.17, 15) is 14.5 Å². The summed E-state index contributed by atoms with van der Waals surface area (Å²) in [6.45, 7) is 3.24. The number of nitrogens with two attached hydrogens (primary N) is 1. The molecule has 2 rings (SSSR count). The van der Waals surface area contributed by atoms with Crippen LogP contribution in [0.3, 0.4) is 0 Å². The minimum absolute atomic E-state index is 0.0625. The molecule has 0 aromatic heterocycles. The highest BCUT2D eigenvalue weighted by atomic mass is 19.1. The van der Waals surface area contributed by atoms with Crippen molar-refractivity contribution in [3.63, 3.8) is 0 Å². The van der Waals surface area contributed by atoms with E-state index in [1.807, 2.05) is 0 Å². The third-order valence-electron chi connectivity index (χ3n) is 3.07. The molecule has 0 saturated heterocycles. The van der Waals surface area contributed by atoms with Gasteiger partial charge in [-0.15, -0.1) is 0 Å². The highest BCUT2D eigenvalue weighted by molar-refractivity contribution is 5.54. The van der Waals surface area contributed by atoms with Crippen LogP contribution in [0.2, 0.25) is 0 Å². The zero-order valence-electron chi connectivity index (χ0n) is 11.7. The van der Waals surface area contributed by atoms with E-state index in [-0.39, 0.29) is 22.7 Å². The van der Waals surface area contributed by atoms with E-state index >= 15 is 0 Å². The smallest absolute Gasteiger partial charge is 0.314 e. The molecule has 0 radical (unpaired) electrons. The Kier molecular flexibility index (Phi) is 4.18. The van der Waals surface area contributed by atoms with E-state index in [1.54, 1.807) is 26.0 Å². The van der Waals surface area contributed by atoms with Crippen LogP contribution in [-0.4, -0.2) is 4.92 Å². The van der Waals surface area contributed by atoms with Crippen LogP contribution in [0.1, 0.15) is 24.1 Å². The molecule has 6 heteroatoms. The number of ether oxygens (including phenoxy) is 1. The molecular weight excluding hydrogens is 275 g/mol. The number of benzene rings is 2. The summed E-state index contributed by atoms with van der Waals surface area (Å²) >= 11 is 0. The van der Waals surface area contributed by atoms with Crippen molar-refractivity contribution in [3.8, 4) is 11.5 Å². The second kappa shape index (κ2) is 5.88. The summed E-state index contributed by atoms with van der Waals surface area (Å²) in [5.41, 5.74) is 6.26. The molecule has 0 heterocycles. The first-order chi connectivity index (χ1) is 9.91. The van der Waals surface area contributed by atoms with Crippen LogP contribution in [-0.2, 0) is 0 Å². The molecule has 110 valence electrons. The van der Waals surface area contributed by atoms with Gasteiger partial charge in [-0.05, 0) is 32.0 Å². The van der Waals surface area contributed by atoms with Crippen molar-refractivity contribution in [2.75, 3.05) is 0 Å². The van der Waals surface area contributed by atoms with Gasteiger partial charge in [-0.25, -0.2) is 4.39 Å². The fraction of sp³-hybridized carbons (Fsp3) is 0.200. The average Bonchev–Trinajstić information content (AvgIpc) is 2.37. The van der Waals surface area contributed by atoms with Crippen LogP contribution in [0.15, 0.2) is 36.4 Å². The molecule has 2 N–H and O–H groups in total. The fourth-order valence-corrected chi connectivity index (χ4v) is 2.11. The number of nitrogens with zero attached hydrogens (tertiary/aromatic N) is 1. The molecule has 0 unspecified atom stereocenters. The molecule has 0 aliphatic heterocycles. The first-order valence-corrected chi connectivity index (χ1v) is 6.37. The predicted molar refractivity (Wildman–Crippen MR) is 76.9 cm³/mol. The molecule has 0 amide bonds. The molecule has 0 aliphatic rings. The van der Waals surface area contributed by atoms with Gasteiger partial charge in [-0.3, -0.25) is 10.1 Å². The zero-order chi connectivity index (χ0) is 15.6. The van der Waals surface area contributed by atoms with Crippen molar-refractivity contribution < 1.29 is 14.1 Å². The Balaban J connectivity index is 2.52. The number of hydrogen-bond acceptors (Lipinski definition) is 4. The van der Waals surface area contributed by atoms with Crippen LogP contribution in [0.25, 0.3) is 0 Å². The summed E-state index contributed by atoms with van der Waals surface area (Å²) < 4.78 is 19.4. The van der Waals surface area contributed by atoms with Crippen molar-refractivity contribution in [1.82, 2.24) is 0 Å². The third kappa shape index (κ3) is 3.00. The van der Waals surface area contributed by atoms with Gasteiger partial charge in [0.1, 0.15) is 11.6 Å². The summed E-state index contributed by atoms with van der Waals surface area (Å²) in [7, 11) is 0. The number of rotatable bonds is 4. The van der Waals surface area contributed by atoms with Gasteiger partial charge in [0.15, 0.2) is 0 Å². The van der Waals surface area contributed by atoms with E-state index in [2.05, 4.69) is 0 Å². The fourth-order valence-electron chi connectivity index (χ4n) is 2.11. The first kappa shape index (κ1) is 14.9. The highest BCUT2D eigenvalue weighted by Crippen LogP contribution is 2.37. The quantitative estimate of drug-likeness (QED) is 0.685. The van der Waals surface area contributed by atoms with Gasteiger partial charge < -0.3 is 10.5 Å². The largest absolute Gasteiger partial charge is 0.450 e. The lowest BCUT2D eigenvalue weighted by molar-refractivity contribution is -0.386. The number of para-hydroxylation sites is 1. The molecule has 0 saturated carbocycles. The number of halogens is 1. The molecule has 0 bridgehead atoms. The van der Waals surface area contributed by atoms with Gasteiger partial charge in [-0.1, -0.05) is 18.2 Å². The lowest BCUT2D eigenvalue weighted by Gasteiger charge is -2.14. The van der Waals surface area contributed by atoms with Crippen LogP contribution in [0.5, 0.6) is 11.5 Å². The number of nitro groups is 1. The van der Waals surface area contributed by atoms with Crippen LogP contribution in [0, 0.1) is 22.9 Å². The molecule has 21 heavy (non-hydrogen) atoms. The van der Waals surface area contributed by atoms with Crippen molar-refractivity contribution >= 4 is 5.69 Å². The van der Waals surface area contributed by atoms with E-state index in [0.717, 1.165) is 0 Å². The summed E-state index contributed by atoms with van der Waals surface area (Å²) in [6.07, 6.45) is 0. The average molecular weight is 290 g/mol. The standard InChI is InChI=1S/C15H15FN2O3/c1-9-5-3-8-13(15(9)18(19)20)21-12-7-4-6-11(16)14(12)10(2)17/h3-8,10H,17H2,1-2H3/t10-/m0/s1. The second-order valence-electron chi connectivity index (χ2n) is 4.72. The lowest BCUT2D eigenvalue weighted by atomic mass is 10.1. The topological polar surface area (TPSA) is 78.4 Å². The summed E-state index contributed by atoms with van der Waals surface area (Å²) in [5.74, 6) is -0.260. The maximum absolute atomic E-state index is 13.8. The van der Waals surface area contributed by atoms with Crippen molar-refractivity contribution in [2.45, 2.75) is 19.9 Å². The van der Waals surface area contributed by atoms with Gasteiger partial charge in [0.2, 0.25) is 5.75 Å². The summed E-state index contributed by atoms with van der Waals surface area (Å²) in [4.78, 5) is 10.6. The van der Waals surface area contributed by atoms with Gasteiger partial charge in [0.05, 0.1) is 4.92 Å². The molecule has 0 spiro atoms. The third-order valence-corrected chi connectivity index (χ3v) is 3.07. The van der Waals surface area contributed by atoms with Crippen molar-refractivity contribution in [2.24, 2.45) is 5.73 Å². The van der Waals surface area contributed by atoms with Gasteiger partial charge >= 0.3 is 5.69 Å². The minimum Gasteiger partial charge on any atom is -0.450 e. The first-order valence-electron chi connectivity index (χ1n) is 6.37. The van der Waals surface area contributed by atoms with E-state index in [0.29, 0.717) is 5.56 Å². The van der Waals surface area contributed by atoms with E-state index in [4.69, 9.17) is 10.5 Å². The van der Waals surface area contributed by atoms with Crippen molar-refractivity contribution in [3.05, 3.63) is 63.5 Å². The van der Waals surface area contributed by atoms with Crippen LogP contribution < -0.4 is 10.5 Å². The SMILES string of the molecule is Cc1cccc(Oc2cccc(F)c2[C@H](C)N)c1[N+](=O)[O-]. The Labute approximate surface area is 121 Å².